The van der Waals surface area contributed by atoms with E-state index in [2.05, 4.69) is 28.5 Å². The third-order valence-electron chi connectivity index (χ3n) is 5.21. The zero-order chi connectivity index (χ0) is 22.6. The zero-order valence-corrected chi connectivity index (χ0v) is 18.7. The van der Waals surface area contributed by atoms with Gasteiger partial charge in [-0.05, 0) is 66.6 Å². The van der Waals surface area contributed by atoms with Gasteiger partial charge in [-0.15, -0.1) is 0 Å². The first kappa shape index (κ1) is 23.0. The molecule has 4 heteroatoms. The summed E-state index contributed by atoms with van der Waals surface area (Å²) in [6, 6.07) is 22.2. The minimum absolute atomic E-state index is 0.0859. The number of aryl methyl sites for hydroxylation is 1. The van der Waals surface area contributed by atoms with E-state index in [1.807, 2.05) is 73.8 Å². The molecule has 32 heavy (non-hydrogen) atoms. The summed E-state index contributed by atoms with van der Waals surface area (Å²) >= 11 is 0. The molecule has 1 unspecified atom stereocenters. The molecule has 0 saturated carbocycles. The molecular weight excluding hydrogens is 396 g/mol. The van der Waals surface area contributed by atoms with Crippen LogP contribution in [0.3, 0.4) is 0 Å². The van der Waals surface area contributed by atoms with Gasteiger partial charge in [-0.3, -0.25) is 9.78 Å². The first-order valence-electron chi connectivity index (χ1n) is 10.9. The summed E-state index contributed by atoms with van der Waals surface area (Å²) in [5, 5.41) is 3.05. The zero-order valence-electron chi connectivity index (χ0n) is 18.7. The maximum atomic E-state index is 12.4. The van der Waals surface area contributed by atoms with E-state index in [-0.39, 0.29) is 11.9 Å². The van der Waals surface area contributed by atoms with E-state index >= 15 is 0 Å². The number of nitrogens with zero attached hydrogens (tertiary/aromatic N) is 1. The number of allylic oxidation sites excluding steroid dienone is 2. The lowest BCUT2D eigenvalue weighted by atomic mass is 9.97. The number of carbonyl (C=O) groups excluding carboxylic acids is 1. The molecule has 1 aromatic heterocycles. The van der Waals surface area contributed by atoms with Crippen molar-refractivity contribution in [2.24, 2.45) is 0 Å². The minimum Gasteiger partial charge on any atom is -0.497 e. The standard InChI is InChI=1S/C28H30N2O2/c1-22(9-6-10-23-11-8-20-29-21-23)30-28(31)15-7-14-27(24-12-4-3-5-13-24)25-16-18-26(32-2)19-17-25/h3-5,7-8,11-22H,6,9-10H2,1-2H3,(H,30,31)/b15-7+,27-14+. The highest BCUT2D eigenvalue weighted by molar-refractivity contribution is 5.89. The van der Waals surface area contributed by atoms with Gasteiger partial charge in [-0.1, -0.05) is 60.7 Å². The summed E-state index contributed by atoms with van der Waals surface area (Å²) in [7, 11) is 1.66. The Morgan fingerprint density at radius 1 is 1.03 bits per heavy atom. The van der Waals surface area contributed by atoms with Gasteiger partial charge in [0, 0.05) is 24.5 Å². The molecule has 0 saturated heterocycles. The number of hydrogen-bond donors (Lipinski definition) is 1. The van der Waals surface area contributed by atoms with Gasteiger partial charge in [0.15, 0.2) is 0 Å². The van der Waals surface area contributed by atoms with Gasteiger partial charge >= 0.3 is 0 Å². The van der Waals surface area contributed by atoms with Crippen LogP contribution >= 0.6 is 0 Å². The van der Waals surface area contributed by atoms with Gasteiger partial charge < -0.3 is 10.1 Å². The number of nitrogens with one attached hydrogen (secondary N) is 1. The minimum atomic E-state index is -0.0859. The smallest absolute Gasteiger partial charge is 0.244 e. The Hall–Kier alpha value is -3.66. The summed E-state index contributed by atoms with van der Waals surface area (Å²) in [6.45, 7) is 2.04. The number of ether oxygens (including phenoxy) is 1. The predicted molar refractivity (Wildman–Crippen MR) is 130 cm³/mol. The molecule has 1 N–H and O–H groups in total. The molecule has 0 aliphatic carbocycles. The van der Waals surface area contributed by atoms with Gasteiger partial charge in [0.25, 0.3) is 0 Å². The summed E-state index contributed by atoms with van der Waals surface area (Å²) in [6.07, 6.45) is 11.9. The number of carbonyl (C=O) groups is 1. The highest BCUT2D eigenvalue weighted by Gasteiger charge is 2.06. The van der Waals surface area contributed by atoms with E-state index in [1.54, 1.807) is 19.4 Å². The summed E-state index contributed by atoms with van der Waals surface area (Å²) in [4.78, 5) is 16.5. The van der Waals surface area contributed by atoms with Crippen molar-refractivity contribution in [3.05, 3.63) is 114 Å². The average molecular weight is 427 g/mol. The number of benzene rings is 2. The Kier molecular flexibility index (Phi) is 8.81. The van der Waals surface area contributed by atoms with Crippen LogP contribution in [0.25, 0.3) is 5.57 Å². The molecule has 2 aromatic carbocycles. The summed E-state index contributed by atoms with van der Waals surface area (Å²) in [5.74, 6) is 0.728. The lowest BCUT2D eigenvalue weighted by molar-refractivity contribution is -0.117. The van der Waals surface area contributed by atoms with E-state index in [0.717, 1.165) is 41.7 Å². The van der Waals surface area contributed by atoms with E-state index < -0.39 is 0 Å². The van der Waals surface area contributed by atoms with Gasteiger partial charge in [-0.25, -0.2) is 0 Å². The summed E-state index contributed by atoms with van der Waals surface area (Å²) in [5.41, 5.74) is 4.42. The van der Waals surface area contributed by atoms with E-state index in [4.69, 9.17) is 4.74 Å². The number of hydrogen-bond acceptors (Lipinski definition) is 3. The van der Waals surface area contributed by atoms with Crippen LogP contribution in [-0.4, -0.2) is 24.0 Å². The van der Waals surface area contributed by atoms with E-state index in [1.165, 1.54) is 5.56 Å². The monoisotopic (exact) mass is 426 g/mol. The van der Waals surface area contributed by atoms with Crippen molar-refractivity contribution in [1.82, 2.24) is 10.3 Å². The Bertz CT molecular complexity index is 1030. The van der Waals surface area contributed by atoms with Gasteiger partial charge in [0.1, 0.15) is 5.75 Å². The molecule has 1 atom stereocenters. The molecule has 1 heterocycles. The molecule has 0 aliphatic rings. The molecule has 3 rings (SSSR count). The number of rotatable bonds is 10. The first-order chi connectivity index (χ1) is 15.7. The number of pyridine rings is 1. The predicted octanol–water partition coefficient (Wildman–Crippen LogP) is 5.61. The molecular formula is C28H30N2O2. The second-order valence-corrected chi connectivity index (χ2v) is 7.70. The Morgan fingerprint density at radius 2 is 1.78 bits per heavy atom. The normalized spacial score (nSPS) is 12.5. The molecule has 0 aliphatic heterocycles. The third kappa shape index (κ3) is 7.24. The van der Waals surface area contributed by atoms with Crippen molar-refractivity contribution >= 4 is 11.5 Å². The highest BCUT2D eigenvalue weighted by atomic mass is 16.5. The summed E-state index contributed by atoms with van der Waals surface area (Å²) < 4.78 is 5.27. The molecule has 4 nitrogen and oxygen atoms in total. The fourth-order valence-corrected chi connectivity index (χ4v) is 3.50. The van der Waals surface area contributed by atoms with Crippen molar-refractivity contribution in [3.63, 3.8) is 0 Å². The van der Waals surface area contributed by atoms with Gasteiger partial charge in [0.2, 0.25) is 5.91 Å². The van der Waals surface area contributed by atoms with Crippen molar-refractivity contribution in [1.29, 1.82) is 0 Å². The average Bonchev–Trinajstić information content (AvgIpc) is 2.83. The van der Waals surface area contributed by atoms with Crippen LogP contribution in [0.1, 0.15) is 36.5 Å². The van der Waals surface area contributed by atoms with Crippen LogP contribution in [0, 0.1) is 0 Å². The molecule has 0 fully saturated rings. The molecule has 1 amide bonds. The van der Waals surface area contributed by atoms with Crippen LogP contribution < -0.4 is 10.1 Å². The van der Waals surface area contributed by atoms with Crippen molar-refractivity contribution in [3.8, 4) is 5.75 Å². The second kappa shape index (κ2) is 12.3. The Labute approximate surface area is 190 Å². The highest BCUT2D eigenvalue weighted by Crippen LogP contribution is 2.25. The van der Waals surface area contributed by atoms with E-state index in [0.29, 0.717) is 0 Å². The van der Waals surface area contributed by atoms with Gasteiger partial charge in [-0.2, -0.15) is 0 Å². The lowest BCUT2D eigenvalue weighted by Crippen LogP contribution is -2.31. The van der Waals surface area contributed by atoms with Crippen LogP contribution in [0.2, 0.25) is 0 Å². The molecule has 0 bridgehead atoms. The van der Waals surface area contributed by atoms with Crippen molar-refractivity contribution < 1.29 is 9.53 Å². The molecule has 3 aromatic rings. The molecule has 0 radical (unpaired) electrons. The maximum Gasteiger partial charge on any atom is 0.244 e. The Morgan fingerprint density at radius 3 is 2.47 bits per heavy atom. The van der Waals surface area contributed by atoms with Crippen LogP contribution in [0.4, 0.5) is 0 Å². The number of methoxy groups -OCH3 is 1. The van der Waals surface area contributed by atoms with Crippen molar-refractivity contribution in [2.45, 2.75) is 32.2 Å². The fourth-order valence-electron chi connectivity index (χ4n) is 3.50. The number of amides is 1. The molecule has 164 valence electrons. The van der Waals surface area contributed by atoms with E-state index in [9.17, 15) is 4.79 Å². The Balaban J connectivity index is 1.59. The maximum absolute atomic E-state index is 12.4. The second-order valence-electron chi connectivity index (χ2n) is 7.70. The quantitative estimate of drug-likeness (QED) is 0.339. The SMILES string of the molecule is COc1ccc(/C(=C/C=C/C(=O)NC(C)CCCc2cccnc2)c2ccccc2)cc1. The lowest BCUT2D eigenvalue weighted by Gasteiger charge is -2.12. The van der Waals surface area contributed by atoms with Crippen molar-refractivity contribution in [2.75, 3.05) is 7.11 Å². The molecule has 0 spiro atoms. The number of aromatic nitrogens is 1. The topological polar surface area (TPSA) is 51.2 Å². The van der Waals surface area contributed by atoms with Gasteiger partial charge in [0.05, 0.1) is 7.11 Å². The third-order valence-corrected chi connectivity index (χ3v) is 5.21. The van der Waals surface area contributed by atoms with Crippen LogP contribution in [-0.2, 0) is 11.2 Å². The fraction of sp³-hybridized carbons (Fsp3) is 0.214. The largest absolute Gasteiger partial charge is 0.497 e. The van der Waals surface area contributed by atoms with Crippen LogP contribution in [0.5, 0.6) is 5.75 Å². The first-order valence-corrected chi connectivity index (χ1v) is 10.9. The van der Waals surface area contributed by atoms with Crippen LogP contribution in [0.15, 0.2) is 97.4 Å².